The first kappa shape index (κ1) is 15.8. The lowest BCUT2D eigenvalue weighted by atomic mass is 10.1. The Kier molecular flexibility index (Phi) is 5.61. The molecular weight excluding hydrogens is 270 g/mol. The van der Waals surface area contributed by atoms with Crippen LogP contribution in [0.25, 0.3) is 0 Å². The normalized spacial score (nSPS) is 18.5. The number of hydrogen-bond acceptors (Lipinski definition) is 4. The zero-order valence-electron chi connectivity index (χ0n) is 13.1. The predicted octanol–water partition coefficient (Wildman–Crippen LogP) is 2.68. The van der Waals surface area contributed by atoms with Gasteiger partial charge in [-0.3, -0.25) is 0 Å². The van der Waals surface area contributed by atoms with Gasteiger partial charge in [0.25, 0.3) is 0 Å². The summed E-state index contributed by atoms with van der Waals surface area (Å²) in [6.45, 7) is 6.21. The third kappa shape index (κ3) is 3.97. The molecule has 0 saturated carbocycles. The number of aromatic nitrogens is 1. The molecule has 1 aliphatic heterocycles. The van der Waals surface area contributed by atoms with Gasteiger partial charge in [0, 0.05) is 32.9 Å². The maximum atomic E-state index is 12.2. The van der Waals surface area contributed by atoms with E-state index in [4.69, 9.17) is 9.26 Å². The predicted molar refractivity (Wildman–Crippen MR) is 79.2 cm³/mol. The first-order valence-electron chi connectivity index (χ1n) is 7.63. The van der Waals surface area contributed by atoms with Crippen LogP contribution in [-0.2, 0) is 4.74 Å². The Balaban J connectivity index is 1.94. The summed E-state index contributed by atoms with van der Waals surface area (Å²) in [5.74, 6) is 1.13. The van der Waals surface area contributed by atoms with Crippen LogP contribution in [0.3, 0.4) is 0 Å². The summed E-state index contributed by atoms with van der Waals surface area (Å²) in [5.41, 5.74) is 0.942. The third-order valence-corrected chi connectivity index (χ3v) is 3.78. The topological polar surface area (TPSA) is 67.6 Å². The molecule has 1 atom stereocenters. The molecule has 118 valence electrons. The minimum Gasteiger partial charge on any atom is -0.385 e. The fraction of sp³-hybridized carbons (Fsp3) is 0.733. The van der Waals surface area contributed by atoms with Crippen LogP contribution >= 0.6 is 0 Å². The lowest BCUT2D eigenvalue weighted by Gasteiger charge is -2.23. The molecule has 0 bridgehead atoms. The van der Waals surface area contributed by atoms with Crippen LogP contribution in [0, 0.1) is 0 Å². The van der Waals surface area contributed by atoms with E-state index >= 15 is 0 Å². The van der Waals surface area contributed by atoms with Crippen molar-refractivity contribution in [3.63, 3.8) is 0 Å². The van der Waals surface area contributed by atoms with E-state index in [1.807, 2.05) is 11.0 Å². The molecule has 1 saturated heterocycles. The Labute approximate surface area is 125 Å². The summed E-state index contributed by atoms with van der Waals surface area (Å²) in [6.07, 6.45) is 2.74. The molecule has 6 heteroatoms. The molecule has 0 aromatic carbocycles. The second kappa shape index (κ2) is 7.45. The first-order valence-corrected chi connectivity index (χ1v) is 7.63. The molecule has 2 heterocycles. The highest BCUT2D eigenvalue weighted by molar-refractivity contribution is 5.75. The summed E-state index contributed by atoms with van der Waals surface area (Å²) in [4.78, 5) is 14.1. The number of urea groups is 1. The number of hydrogen-bond donors (Lipinski definition) is 1. The molecule has 0 unspecified atom stereocenters. The summed E-state index contributed by atoms with van der Waals surface area (Å²) in [5, 5.41) is 7.02. The number of amides is 2. The van der Waals surface area contributed by atoms with E-state index in [1.165, 1.54) is 0 Å². The maximum Gasteiger partial charge on any atom is 0.318 e. The molecule has 1 aliphatic rings. The lowest BCUT2D eigenvalue weighted by Crippen LogP contribution is -2.40. The van der Waals surface area contributed by atoms with Gasteiger partial charge in [0.15, 0.2) is 5.76 Å². The van der Waals surface area contributed by atoms with Crippen molar-refractivity contribution in [1.29, 1.82) is 0 Å². The van der Waals surface area contributed by atoms with Crippen molar-refractivity contribution in [2.45, 2.75) is 45.1 Å². The quantitative estimate of drug-likeness (QED) is 0.819. The van der Waals surface area contributed by atoms with E-state index in [2.05, 4.69) is 24.3 Å². The second-order valence-electron chi connectivity index (χ2n) is 5.74. The molecule has 1 aromatic heterocycles. The molecule has 0 aliphatic carbocycles. The smallest absolute Gasteiger partial charge is 0.318 e. The largest absolute Gasteiger partial charge is 0.385 e. The number of carbonyl (C=O) groups excluding carboxylic acids is 1. The number of carbonyl (C=O) groups is 1. The monoisotopic (exact) mass is 295 g/mol. The van der Waals surface area contributed by atoms with Gasteiger partial charge in [-0.05, 0) is 25.2 Å². The van der Waals surface area contributed by atoms with E-state index in [0.717, 1.165) is 37.3 Å². The fourth-order valence-electron chi connectivity index (χ4n) is 2.55. The average Bonchev–Trinajstić information content (AvgIpc) is 3.10. The van der Waals surface area contributed by atoms with Crippen molar-refractivity contribution in [2.75, 3.05) is 26.8 Å². The van der Waals surface area contributed by atoms with E-state index < -0.39 is 0 Å². The van der Waals surface area contributed by atoms with Gasteiger partial charge in [-0.25, -0.2) is 4.79 Å². The number of likely N-dealkylation sites (tertiary alicyclic amines) is 1. The van der Waals surface area contributed by atoms with Gasteiger partial charge >= 0.3 is 6.03 Å². The zero-order chi connectivity index (χ0) is 15.2. The number of methoxy groups -OCH3 is 1. The zero-order valence-corrected chi connectivity index (χ0v) is 13.1. The van der Waals surface area contributed by atoms with Crippen molar-refractivity contribution < 1.29 is 14.1 Å². The highest BCUT2D eigenvalue weighted by atomic mass is 16.5. The Morgan fingerprint density at radius 2 is 2.43 bits per heavy atom. The van der Waals surface area contributed by atoms with Gasteiger partial charge in [-0.2, -0.15) is 0 Å². The van der Waals surface area contributed by atoms with Crippen LogP contribution in [0.15, 0.2) is 10.6 Å². The molecule has 1 N–H and O–H groups in total. The molecule has 0 spiro atoms. The van der Waals surface area contributed by atoms with Gasteiger partial charge in [-0.1, -0.05) is 19.0 Å². The van der Waals surface area contributed by atoms with Crippen molar-refractivity contribution in [3.8, 4) is 0 Å². The lowest BCUT2D eigenvalue weighted by molar-refractivity contribution is 0.176. The number of rotatable bonds is 6. The van der Waals surface area contributed by atoms with E-state index in [0.29, 0.717) is 19.1 Å². The second-order valence-corrected chi connectivity index (χ2v) is 5.74. The molecule has 6 nitrogen and oxygen atoms in total. The summed E-state index contributed by atoms with van der Waals surface area (Å²) in [7, 11) is 1.66. The first-order chi connectivity index (χ1) is 10.1. The number of ether oxygens (including phenoxy) is 1. The van der Waals surface area contributed by atoms with Crippen molar-refractivity contribution in [1.82, 2.24) is 15.4 Å². The molecule has 2 rings (SSSR count). The minimum atomic E-state index is -0.0314. The maximum absolute atomic E-state index is 12.2. The van der Waals surface area contributed by atoms with Gasteiger partial charge in [0.05, 0.1) is 11.7 Å². The Hall–Kier alpha value is -1.56. The molecular formula is C15H25N3O3. The van der Waals surface area contributed by atoms with Gasteiger partial charge in [0.1, 0.15) is 0 Å². The van der Waals surface area contributed by atoms with Crippen LogP contribution in [0.2, 0.25) is 0 Å². The molecule has 1 aromatic rings. The summed E-state index contributed by atoms with van der Waals surface area (Å²) in [6, 6.07) is 1.95. The molecule has 2 amide bonds. The van der Waals surface area contributed by atoms with E-state index in [-0.39, 0.29) is 12.1 Å². The highest BCUT2D eigenvalue weighted by Gasteiger charge is 2.32. The van der Waals surface area contributed by atoms with Crippen molar-refractivity contribution in [3.05, 3.63) is 17.5 Å². The highest BCUT2D eigenvalue weighted by Crippen LogP contribution is 2.33. The van der Waals surface area contributed by atoms with Crippen LogP contribution in [0.1, 0.15) is 56.5 Å². The van der Waals surface area contributed by atoms with E-state index in [9.17, 15) is 4.79 Å². The molecule has 21 heavy (non-hydrogen) atoms. The molecule has 0 radical (unpaired) electrons. The van der Waals surface area contributed by atoms with Crippen LogP contribution in [0.4, 0.5) is 4.79 Å². The van der Waals surface area contributed by atoms with E-state index in [1.54, 1.807) is 7.11 Å². The third-order valence-electron chi connectivity index (χ3n) is 3.78. The fourth-order valence-corrected chi connectivity index (χ4v) is 2.55. The average molecular weight is 295 g/mol. The number of nitrogens with zero attached hydrogens (tertiary/aromatic N) is 2. The standard InChI is InChI=1S/C15H25N3O3/c1-11(2)12-10-14(21-17-12)13-6-4-8-18(13)15(19)16-7-5-9-20-3/h10-11,13H,4-9H2,1-3H3,(H,16,19)/t13-/m0/s1. The Morgan fingerprint density at radius 3 is 3.10 bits per heavy atom. The van der Waals surface area contributed by atoms with Crippen LogP contribution < -0.4 is 5.32 Å². The van der Waals surface area contributed by atoms with Crippen molar-refractivity contribution in [2.24, 2.45) is 0 Å². The number of nitrogens with one attached hydrogen (secondary N) is 1. The van der Waals surface area contributed by atoms with Gasteiger partial charge < -0.3 is 19.5 Å². The van der Waals surface area contributed by atoms with Crippen LogP contribution in [0.5, 0.6) is 0 Å². The van der Waals surface area contributed by atoms with Crippen molar-refractivity contribution >= 4 is 6.03 Å². The van der Waals surface area contributed by atoms with Gasteiger partial charge in [0.2, 0.25) is 0 Å². The summed E-state index contributed by atoms with van der Waals surface area (Å²) < 4.78 is 10.4. The minimum absolute atomic E-state index is 0.00688. The molecule has 1 fully saturated rings. The Morgan fingerprint density at radius 1 is 1.62 bits per heavy atom. The van der Waals surface area contributed by atoms with Crippen LogP contribution in [-0.4, -0.2) is 42.9 Å². The van der Waals surface area contributed by atoms with Gasteiger partial charge in [-0.15, -0.1) is 0 Å². The Bertz CT molecular complexity index is 459. The SMILES string of the molecule is COCCCNC(=O)N1CCC[C@H]1c1cc(C(C)C)no1. The summed E-state index contributed by atoms with van der Waals surface area (Å²) >= 11 is 0.